The summed E-state index contributed by atoms with van der Waals surface area (Å²) in [6.45, 7) is 1.28. The lowest BCUT2D eigenvalue weighted by molar-refractivity contribution is 0.0600. The average molecular weight is 270 g/mol. The minimum atomic E-state index is -3.51. The molecule has 0 amide bonds. The van der Waals surface area contributed by atoms with Crippen molar-refractivity contribution in [1.29, 1.82) is 0 Å². The summed E-state index contributed by atoms with van der Waals surface area (Å²) in [5.74, 6) is -0.491. The normalized spacial score (nSPS) is 16.1. The number of rotatable bonds is 4. The Bertz CT molecular complexity index is 535. The van der Waals surface area contributed by atoms with E-state index in [9.17, 15) is 13.2 Å². The summed E-state index contributed by atoms with van der Waals surface area (Å²) in [5, 5.41) is 2.98. The smallest absolute Gasteiger partial charge is 0.337 e. The Morgan fingerprint density at radius 2 is 1.94 bits per heavy atom. The van der Waals surface area contributed by atoms with Crippen LogP contribution >= 0.6 is 0 Å². The number of carbonyl (C=O) groups excluding carboxylic acids is 1. The van der Waals surface area contributed by atoms with Gasteiger partial charge in [-0.05, 0) is 24.3 Å². The predicted molar refractivity (Wildman–Crippen MR) is 64.8 cm³/mol. The molecule has 1 aromatic carbocycles. The van der Waals surface area contributed by atoms with Gasteiger partial charge in [0.05, 0.1) is 17.6 Å². The summed E-state index contributed by atoms with van der Waals surface area (Å²) in [4.78, 5) is 11.4. The van der Waals surface area contributed by atoms with Gasteiger partial charge in [-0.1, -0.05) is 0 Å². The van der Waals surface area contributed by atoms with Gasteiger partial charge in [0.15, 0.2) is 0 Å². The van der Waals surface area contributed by atoms with Gasteiger partial charge in [-0.2, -0.15) is 0 Å². The molecule has 0 spiro atoms. The van der Waals surface area contributed by atoms with Gasteiger partial charge < -0.3 is 10.1 Å². The zero-order chi connectivity index (χ0) is 13.2. The minimum Gasteiger partial charge on any atom is -0.465 e. The maximum Gasteiger partial charge on any atom is 0.337 e. The number of ether oxygens (including phenoxy) is 1. The summed E-state index contributed by atoms with van der Waals surface area (Å²) in [7, 11) is -2.24. The van der Waals surface area contributed by atoms with Crippen LogP contribution < -0.4 is 10.0 Å². The van der Waals surface area contributed by atoms with Crippen molar-refractivity contribution in [2.45, 2.75) is 10.9 Å². The summed E-state index contributed by atoms with van der Waals surface area (Å²) in [6, 6.07) is 5.58. The Morgan fingerprint density at radius 1 is 1.33 bits per heavy atom. The van der Waals surface area contributed by atoms with Gasteiger partial charge in [0.2, 0.25) is 10.0 Å². The molecule has 1 fully saturated rings. The summed E-state index contributed by atoms with van der Waals surface area (Å²) in [6.07, 6.45) is 0. The third kappa shape index (κ3) is 2.69. The van der Waals surface area contributed by atoms with Crippen LogP contribution in [0.4, 0.5) is 0 Å². The minimum absolute atomic E-state index is 0.0599. The number of sulfonamides is 1. The number of methoxy groups -OCH3 is 1. The molecule has 0 bridgehead atoms. The van der Waals surface area contributed by atoms with E-state index in [1.165, 1.54) is 31.4 Å². The standard InChI is InChI=1S/C11H14N2O4S/c1-17-11(14)8-2-4-10(5-3-8)18(15,16)13-9-6-12-7-9/h2-5,9,12-13H,6-7H2,1H3. The molecule has 0 saturated carbocycles. The van der Waals surface area contributed by atoms with E-state index in [1.54, 1.807) is 0 Å². The first kappa shape index (κ1) is 13.0. The van der Waals surface area contributed by atoms with Crippen LogP contribution in [-0.4, -0.2) is 40.6 Å². The number of benzene rings is 1. The molecule has 2 N–H and O–H groups in total. The van der Waals surface area contributed by atoms with Crippen LogP contribution in [0, 0.1) is 0 Å². The van der Waals surface area contributed by atoms with E-state index < -0.39 is 16.0 Å². The Morgan fingerprint density at radius 3 is 2.39 bits per heavy atom. The van der Waals surface area contributed by atoms with Gasteiger partial charge in [0.25, 0.3) is 0 Å². The number of hydrogen-bond acceptors (Lipinski definition) is 5. The quantitative estimate of drug-likeness (QED) is 0.735. The van der Waals surface area contributed by atoms with Crippen LogP contribution in [0.5, 0.6) is 0 Å². The van der Waals surface area contributed by atoms with Crippen molar-refractivity contribution in [2.24, 2.45) is 0 Å². The highest BCUT2D eigenvalue weighted by Gasteiger charge is 2.24. The lowest BCUT2D eigenvalue weighted by Gasteiger charge is -2.27. The van der Waals surface area contributed by atoms with Gasteiger partial charge in [-0.3, -0.25) is 0 Å². The second-order valence-corrected chi connectivity index (χ2v) is 5.71. The van der Waals surface area contributed by atoms with Crippen molar-refractivity contribution in [3.63, 3.8) is 0 Å². The van der Waals surface area contributed by atoms with Crippen molar-refractivity contribution in [1.82, 2.24) is 10.0 Å². The second kappa shape index (κ2) is 5.05. The highest BCUT2D eigenvalue weighted by atomic mass is 32.2. The highest BCUT2D eigenvalue weighted by Crippen LogP contribution is 2.12. The van der Waals surface area contributed by atoms with Crippen molar-refractivity contribution >= 4 is 16.0 Å². The largest absolute Gasteiger partial charge is 0.465 e. The van der Waals surface area contributed by atoms with E-state index in [-0.39, 0.29) is 10.9 Å². The van der Waals surface area contributed by atoms with E-state index in [4.69, 9.17) is 0 Å². The molecule has 1 saturated heterocycles. The molecule has 98 valence electrons. The van der Waals surface area contributed by atoms with Crippen molar-refractivity contribution in [3.8, 4) is 0 Å². The lowest BCUT2D eigenvalue weighted by Crippen LogP contribution is -2.56. The molecular formula is C11H14N2O4S. The fourth-order valence-corrected chi connectivity index (χ4v) is 2.78. The average Bonchev–Trinajstić information content (AvgIpc) is 2.33. The van der Waals surface area contributed by atoms with Crippen LogP contribution in [0.2, 0.25) is 0 Å². The fourth-order valence-electron chi connectivity index (χ4n) is 1.55. The first-order valence-electron chi connectivity index (χ1n) is 5.44. The lowest BCUT2D eigenvalue weighted by atomic mass is 10.2. The van der Waals surface area contributed by atoms with Crippen LogP contribution in [-0.2, 0) is 14.8 Å². The third-order valence-corrected chi connectivity index (χ3v) is 4.23. The monoisotopic (exact) mass is 270 g/mol. The Labute approximate surface area is 105 Å². The number of esters is 1. The van der Waals surface area contributed by atoms with Crippen LogP contribution in [0.15, 0.2) is 29.2 Å². The zero-order valence-corrected chi connectivity index (χ0v) is 10.7. The maximum absolute atomic E-state index is 11.9. The SMILES string of the molecule is COC(=O)c1ccc(S(=O)(=O)NC2CNC2)cc1. The molecule has 0 aliphatic carbocycles. The van der Waals surface area contributed by atoms with Gasteiger partial charge in [-0.25, -0.2) is 17.9 Å². The van der Waals surface area contributed by atoms with Crippen molar-refractivity contribution in [2.75, 3.05) is 20.2 Å². The number of carbonyl (C=O) groups is 1. The van der Waals surface area contributed by atoms with Crippen molar-refractivity contribution in [3.05, 3.63) is 29.8 Å². The van der Waals surface area contributed by atoms with Crippen LogP contribution in [0.3, 0.4) is 0 Å². The Hall–Kier alpha value is -1.44. The van der Waals surface area contributed by atoms with E-state index in [0.29, 0.717) is 18.7 Å². The molecule has 6 nitrogen and oxygen atoms in total. The first-order chi connectivity index (χ1) is 8.53. The molecule has 1 heterocycles. The van der Waals surface area contributed by atoms with E-state index >= 15 is 0 Å². The van der Waals surface area contributed by atoms with E-state index in [2.05, 4.69) is 14.8 Å². The van der Waals surface area contributed by atoms with Crippen LogP contribution in [0.25, 0.3) is 0 Å². The number of hydrogen-bond donors (Lipinski definition) is 2. The molecule has 0 unspecified atom stereocenters. The summed E-state index contributed by atoms with van der Waals surface area (Å²) >= 11 is 0. The second-order valence-electron chi connectivity index (χ2n) is 3.99. The maximum atomic E-state index is 11.9. The molecular weight excluding hydrogens is 256 g/mol. The molecule has 1 aromatic rings. The van der Waals surface area contributed by atoms with Crippen LogP contribution in [0.1, 0.15) is 10.4 Å². The predicted octanol–water partition coefficient (Wildman–Crippen LogP) is -0.277. The van der Waals surface area contributed by atoms with Gasteiger partial charge in [0, 0.05) is 19.1 Å². The molecule has 7 heteroatoms. The zero-order valence-electron chi connectivity index (χ0n) is 9.84. The van der Waals surface area contributed by atoms with E-state index in [1.807, 2.05) is 0 Å². The first-order valence-corrected chi connectivity index (χ1v) is 6.92. The topological polar surface area (TPSA) is 84.5 Å². The van der Waals surface area contributed by atoms with Gasteiger partial charge >= 0.3 is 5.97 Å². The molecule has 1 aliphatic rings. The molecule has 18 heavy (non-hydrogen) atoms. The third-order valence-electron chi connectivity index (χ3n) is 2.69. The van der Waals surface area contributed by atoms with E-state index in [0.717, 1.165) is 0 Å². The van der Waals surface area contributed by atoms with Crippen molar-refractivity contribution < 1.29 is 17.9 Å². The molecule has 0 aromatic heterocycles. The molecule has 0 radical (unpaired) electrons. The summed E-state index contributed by atoms with van der Waals surface area (Å²) < 4.78 is 31.0. The molecule has 1 aliphatic heterocycles. The fraction of sp³-hybridized carbons (Fsp3) is 0.364. The summed E-state index contributed by atoms with van der Waals surface area (Å²) in [5.41, 5.74) is 0.321. The highest BCUT2D eigenvalue weighted by molar-refractivity contribution is 7.89. The van der Waals surface area contributed by atoms with Gasteiger partial charge in [-0.15, -0.1) is 0 Å². The number of nitrogens with one attached hydrogen (secondary N) is 2. The van der Waals surface area contributed by atoms with Gasteiger partial charge in [0.1, 0.15) is 0 Å². The Balaban J connectivity index is 2.15. The molecule has 2 rings (SSSR count). The molecule has 0 atom stereocenters. The Kier molecular flexibility index (Phi) is 3.65.